The molecule has 15 heteroatoms. The summed E-state index contributed by atoms with van der Waals surface area (Å²) in [6.07, 6.45) is 5.66. The number of likely N-dealkylation sites (tertiary alicyclic amines) is 1. The number of nitrogens with one attached hydrogen (secondary N) is 2. The highest BCUT2D eigenvalue weighted by atomic mass is 35.5. The molecule has 274 valence electrons. The van der Waals surface area contributed by atoms with Crippen molar-refractivity contribution in [2.45, 2.75) is 43.8 Å². The van der Waals surface area contributed by atoms with E-state index < -0.39 is 36.3 Å². The molecule has 2 aromatic heterocycles. The van der Waals surface area contributed by atoms with Crippen LogP contribution in [-0.2, 0) is 23.2 Å². The molecule has 7 rings (SSSR count). The topological polar surface area (TPSA) is 112 Å². The second-order valence-electron chi connectivity index (χ2n) is 13.6. The summed E-state index contributed by atoms with van der Waals surface area (Å²) in [5.74, 6) is -3.79. The first-order chi connectivity index (χ1) is 24.9. The molecule has 0 saturated carbocycles. The minimum absolute atomic E-state index is 0.171. The molecule has 52 heavy (non-hydrogen) atoms. The lowest BCUT2D eigenvalue weighted by Gasteiger charge is -2.46. The Hall–Kier alpha value is -4.66. The van der Waals surface area contributed by atoms with Crippen LogP contribution in [0, 0.1) is 5.82 Å². The fraction of sp³-hybridized carbons (Fsp3) is 0.405. The van der Waals surface area contributed by atoms with Crippen molar-refractivity contribution < 1.29 is 27.5 Å². The molecule has 11 nitrogen and oxygen atoms in total. The highest BCUT2D eigenvalue weighted by Crippen LogP contribution is 2.39. The number of hydrogen-bond donors (Lipinski definition) is 2. The number of imide groups is 1. The predicted molar refractivity (Wildman–Crippen MR) is 193 cm³/mol. The van der Waals surface area contributed by atoms with Crippen molar-refractivity contribution in [2.75, 3.05) is 56.6 Å². The largest absolute Gasteiger partial charge is 0.496 e. The van der Waals surface area contributed by atoms with E-state index in [2.05, 4.69) is 15.6 Å². The number of carbonyl (C=O) groups is 2. The van der Waals surface area contributed by atoms with Gasteiger partial charge in [-0.25, -0.2) is 13.2 Å². The average molecular weight is 738 g/mol. The van der Waals surface area contributed by atoms with Gasteiger partial charge in [0.2, 0.25) is 11.8 Å². The van der Waals surface area contributed by atoms with Gasteiger partial charge in [0.25, 0.3) is 11.5 Å². The van der Waals surface area contributed by atoms with Gasteiger partial charge in [-0.2, -0.15) is 0 Å². The number of fused-ring (bicyclic) bond motifs is 1. The third-order valence-corrected chi connectivity index (χ3v) is 10.7. The van der Waals surface area contributed by atoms with Gasteiger partial charge >= 0.3 is 0 Å². The molecular formula is C37H39ClF3N7O4. The lowest BCUT2D eigenvalue weighted by atomic mass is 9.96. The Kier molecular flexibility index (Phi) is 9.89. The summed E-state index contributed by atoms with van der Waals surface area (Å²) in [6, 6.07) is 8.39. The molecule has 0 bridgehead atoms. The molecule has 0 aliphatic carbocycles. The van der Waals surface area contributed by atoms with Gasteiger partial charge in [-0.05, 0) is 60.2 Å². The number of aryl methyl sites for hydroxylation is 1. The monoisotopic (exact) mass is 737 g/mol. The Morgan fingerprint density at radius 3 is 2.54 bits per heavy atom. The van der Waals surface area contributed by atoms with Gasteiger partial charge in [-0.1, -0.05) is 11.6 Å². The number of halogens is 4. The number of anilines is 2. The lowest BCUT2D eigenvalue weighted by Crippen LogP contribution is -2.61. The van der Waals surface area contributed by atoms with Crippen LogP contribution in [0.25, 0.3) is 21.9 Å². The molecule has 5 heterocycles. The smallest absolute Gasteiger partial charge is 0.275 e. The second kappa shape index (κ2) is 14.4. The van der Waals surface area contributed by atoms with Crippen LogP contribution in [0.3, 0.4) is 0 Å². The predicted octanol–water partition coefficient (Wildman–Crippen LogP) is 4.65. The first-order valence-electron chi connectivity index (χ1n) is 17.2. The number of piperidine rings is 2. The standard InChI is InChI=1S/C37H39ClF3N7O4/c1-45-19-26(24-7-9-42-18-25(24)36(45)51)22-15-28(38)27(32(16-22)52-2)20-46-10-8-33(37(40,41)21-46)48-13-11-47(12-14-48)31-5-3-23(17-29(31)39)43-30-4-6-34(49)44-35(30)50/h3,5,7,9,15-19,30,33,43H,4,6,8,10-14,20-21H2,1-2H3,(H,44,49,50)/t30?,33-/m0/s1. The van der Waals surface area contributed by atoms with E-state index in [0.717, 1.165) is 11.1 Å². The number of methoxy groups -OCH3 is 1. The van der Waals surface area contributed by atoms with Crippen LogP contribution in [0.1, 0.15) is 24.8 Å². The fourth-order valence-corrected chi connectivity index (χ4v) is 7.88. The maximum absolute atomic E-state index is 15.9. The zero-order valence-electron chi connectivity index (χ0n) is 28.8. The lowest BCUT2D eigenvalue weighted by molar-refractivity contribution is -0.133. The number of alkyl halides is 2. The molecule has 4 aromatic rings. The van der Waals surface area contributed by atoms with Crippen molar-refractivity contribution in [3.05, 3.63) is 81.7 Å². The number of benzene rings is 2. The van der Waals surface area contributed by atoms with Crippen LogP contribution < -0.4 is 25.8 Å². The maximum atomic E-state index is 15.9. The first kappa shape index (κ1) is 35.7. The molecule has 0 spiro atoms. The van der Waals surface area contributed by atoms with Crippen LogP contribution >= 0.6 is 11.6 Å². The molecule has 3 saturated heterocycles. The van der Waals surface area contributed by atoms with E-state index in [1.54, 1.807) is 53.5 Å². The maximum Gasteiger partial charge on any atom is 0.275 e. The Morgan fingerprint density at radius 2 is 1.83 bits per heavy atom. The van der Waals surface area contributed by atoms with Crippen LogP contribution in [0.15, 0.2) is 59.8 Å². The van der Waals surface area contributed by atoms with E-state index >= 15 is 13.2 Å². The van der Waals surface area contributed by atoms with Gasteiger partial charge in [0.15, 0.2) is 0 Å². The molecule has 3 aliphatic rings. The number of nitrogens with zero attached hydrogens (tertiary/aromatic N) is 5. The van der Waals surface area contributed by atoms with Gasteiger partial charge in [0.1, 0.15) is 17.6 Å². The number of amides is 2. The molecule has 2 amide bonds. The van der Waals surface area contributed by atoms with Crippen molar-refractivity contribution in [3.63, 3.8) is 0 Å². The number of aromatic nitrogens is 2. The van der Waals surface area contributed by atoms with E-state index in [-0.39, 0.29) is 30.9 Å². The van der Waals surface area contributed by atoms with Crippen LogP contribution in [0.4, 0.5) is 24.5 Å². The Balaban J connectivity index is 0.985. The third kappa shape index (κ3) is 7.06. The zero-order valence-corrected chi connectivity index (χ0v) is 29.6. The minimum atomic E-state index is -3.00. The number of rotatable bonds is 8. The van der Waals surface area contributed by atoms with Crippen molar-refractivity contribution in [2.24, 2.45) is 7.05 Å². The Labute approximate surface area is 303 Å². The van der Waals surface area contributed by atoms with E-state index in [9.17, 15) is 14.4 Å². The number of ether oxygens (including phenoxy) is 1. The van der Waals surface area contributed by atoms with Crippen LogP contribution in [-0.4, -0.2) is 95.5 Å². The van der Waals surface area contributed by atoms with Crippen molar-refractivity contribution in [1.82, 2.24) is 24.7 Å². The summed E-state index contributed by atoms with van der Waals surface area (Å²) >= 11 is 6.82. The first-order valence-corrected chi connectivity index (χ1v) is 17.6. The molecule has 2 N–H and O–H groups in total. The van der Waals surface area contributed by atoms with E-state index in [1.165, 1.54) is 23.9 Å². The highest BCUT2D eigenvalue weighted by Gasteiger charge is 2.48. The number of piperazine rings is 1. The zero-order chi connectivity index (χ0) is 36.7. The van der Waals surface area contributed by atoms with Gasteiger partial charge < -0.3 is 19.5 Å². The number of pyridine rings is 2. The highest BCUT2D eigenvalue weighted by molar-refractivity contribution is 6.32. The number of hydrogen-bond acceptors (Lipinski definition) is 9. The van der Waals surface area contributed by atoms with Gasteiger partial charge in [-0.3, -0.25) is 34.5 Å². The third-order valence-electron chi connectivity index (χ3n) is 10.3. The molecule has 3 aliphatic heterocycles. The minimum Gasteiger partial charge on any atom is -0.496 e. The number of carbonyl (C=O) groups excluding carboxylic acids is 2. The van der Waals surface area contributed by atoms with Gasteiger partial charge in [-0.15, -0.1) is 0 Å². The van der Waals surface area contributed by atoms with E-state index in [0.29, 0.717) is 77.6 Å². The second-order valence-corrected chi connectivity index (χ2v) is 14.0. The van der Waals surface area contributed by atoms with Crippen molar-refractivity contribution >= 4 is 45.6 Å². The normalized spacial score (nSPS) is 21.3. The van der Waals surface area contributed by atoms with E-state index in [1.807, 2.05) is 11.0 Å². The van der Waals surface area contributed by atoms with Gasteiger partial charge in [0, 0.05) is 93.2 Å². The molecular weight excluding hydrogens is 699 g/mol. The summed E-state index contributed by atoms with van der Waals surface area (Å²) in [6.45, 7) is 1.62. The summed E-state index contributed by atoms with van der Waals surface area (Å²) in [5, 5.41) is 6.82. The van der Waals surface area contributed by atoms with Crippen LogP contribution in [0.2, 0.25) is 5.02 Å². The van der Waals surface area contributed by atoms with Crippen LogP contribution in [0.5, 0.6) is 5.75 Å². The van der Waals surface area contributed by atoms with Crippen molar-refractivity contribution in [3.8, 4) is 16.9 Å². The summed E-state index contributed by atoms with van der Waals surface area (Å²) in [4.78, 5) is 45.6. The molecule has 2 aromatic carbocycles. The SMILES string of the molecule is COc1cc(-c2cn(C)c(=O)c3cnccc23)cc(Cl)c1CN1CC[C@H](N2CCN(c3ccc(NC4CCC(=O)NC4=O)cc3F)CC2)C(F)(F)C1. The Bertz CT molecular complexity index is 2090. The fourth-order valence-electron chi connectivity index (χ4n) is 7.61. The molecule has 2 atom stereocenters. The molecule has 1 unspecified atom stereocenters. The van der Waals surface area contributed by atoms with Gasteiger partial charge in [0.05, 0.1) is 30.8 Å². The summed E-state index contributed by atoms with van der Waals surface area (Å²) < 4.78 is 54.1. The Morgan fingerprint density at radius 1 is 1.04 bits per heavy atom. The summed E-state index contributed by atoms with van der Waals surface area (Å²) in [7, 11) is 3.18. The molecule has 0 radical (unpaired) electrons. The average Bonchev–Trinajstić information content (AvgIpc) is 3.12. The van der Waals surface area contributed by atoms with E-state index in [4.69, 9.17) is 16.3 Å². The quantitative estimate of drug-likeness (QED) is 0.250. The molecule has 3 fully saturated rings. The van der Waals surface area contributed by atoms with Crippen molar-refractivity contribution in [1.29, 1.82) is 0 Å². The summed E-state index contributed by atoms with van der Waals surface area (Å²) in [5.41, 5.74) is 2.71.